The second-order valence-electron chi connectivity index (χ2n) is 3.68. The molecular weight excluding hydrogens is 258 g/mol. The Morgan fingerprint density at radius 1 is 1.67 bits per heavy atom. The van der Waals surface area contributed by atoms with Gasteiger partial charge in [-0.25, -0.2) is 9.78 Å². The van der Waals surface area contributed by atoms with Crippen LogP contribution >= 0.6 is 11.8 Å². The topological polar surface area (TPSA) is 88.9 Å². The predicted molar refractivity (Wildman–Crippen MR) is 65.2 cm³/mol. The number of aromatic nitrogens is 1. The zero-order chi connectivity index (χ0) is 13.1. The molecule has 0 aromatic carbocycles. The van der Waals surface area contributed by atoms with Crippen molar-refractivity contribution in [1.82, 2.24) is 4.98 Å². The number of pyridine rings is 1. The first-order chi connectivity index (χ1) is 8.63. The van der Waals surface area contributed by atoms with Crippen LogP contribution in [0.5, 0.6) is 11.5 Å². The summed E-state index contributed by atoms with van der Waals surface area (Å²) in [6.07, 6.45) is 0.960. The number of hydrogen-bond donors (Lipinski definition) is 2. The maximum Gasteiger partial charge on any atom is 0.358 e. The van der Waals surface area contributed by atoms with Crippen LogP contribution in [0.15, 0.2) is 6.07 Å². The molecule has 1 aromatic rings. The van der Waals surface area contributed by atoms with Gasteiger partial charge in [-0.05, 0) is 12.2 Å². The van der Waals surface area contributed by atoms with E-state index in [2.05, 4.69) is 4.98 Å². The Morgan fingerprint density at radius 3 is 3.00 bits per heavy atom. The van der Waals surface area contributed by atoms with Crippen molar-refractivity contribution in [2.75, 3.05) is 19.5 Å². The lowest BCUT2D eigenvalue weighted by Gasteiger charge is -2.22. The minimum atomic E-state index is -1.30. The van der Waals surface area contributed by atoms with Crippen molar-refractivity contribution in [3.63, 3.8) is 0 Å². The van der Waals surface area contributed by atoms with Gasteiger partial charge in [-0.2, -0.15) is 0 Å². The summed E-state index contributed by atoms with van der Waals surface area (Å²) in [4.78, 5) is 14.9. The van der Waals surface area contributed by atoms with Gasteiger partial charge in [-0.3, -0.25) is 0 Å². The van der Waals surface area contributed by atoms with Crippen molar-refractivity contribution in [1.29, 1.82) is 0 Å². The molecule has 0 spiro atoms. The number of carboxylic acid groups (broad SMARTS) is 1. The van der Waals surface area contributed by atoms with Crippen LogP contribution in [-0.2, 0) is 4.74 Å². The molecule has 1 unspecified atom stereocenters. The first kappa shape index (κ1) is 13.0. The summed E-state index contributed by atoms with van der Waals surface area (Å²) in [5.74, 6) is -0.743. The van der Waals surface area contributed by atoms with E-state index < -0.39 is 17.4 Å². The molecule has 0 bridgehead atoms. The fraction of sp³-hybridized carbons (Fsp3) is 0.455. The Kier molecular flexibility index (Phi) is 3.93. The molecule has 0 aliphatic carbocycles. The quantitative estimate of drug-likeness (QED) is 0.863. The largest absolute Gasteiger partial charge is 0.503 e. The molecule has 18 heavy (non-hydrogen) atoms. The maximum atomic E-state index is 11.0. The molecule has 1 aliphatic rings. The van der Waals surface area contributed by atoms with Crippen molar-refractivity contribution in [2.24, 2.45) is 0 Å². The summed E-state index contributed by atoms with van der Waals surface area (Å²) in [5, 5.41) is 18.6. The zero-order valence-electron chi connectivity index (χ0n) is 9.75. The highest BCUT2D eigenvalue weighted by molar-refractivity contribution is 7.99. The van der Waals surface area contributed by atoms with Gasteiger partial charge in [-0.15, -0.1) is 11.8 Å². The van der Waals surface area contributed by atoms with Gasteiger partial charge in [0, 0.05) is 12.7 Å². The summed E-state index contributed by atoms with van der Waals surface area (Å²) >= 11 is 1.55. The third-order valence-electron chi connectivity index (χ3n) is 2.47. The van der Waals surface area contributed by atoms with Crippen molar-refractivity contribution in [2.45, 2.75) is 11.9 Å². The molecule has 0 amide bonds. The van der Waals surface area contributed by atoms with E-state index in [-0.39, 0.29) is 11.2 Å². The monoisotopic (exact) mass is 271 g/mol. The summed E-state index contributed by atoms with van der Waals surface area (Å²) in [7, 11) is 1.36. The fourth-order valence-corrected chi connectivity index (χ4v) is 2.60. The first-order valence-electron chi connectivity index (χ1n) is 5.38. The second-order valence-corrected chi connectivity index (χ2v) is 4.85. The van der Waals surface area contributed by atoms with Crippen LogP contribution in [0.1, 0.15) is 28.0 Å². The van der Waals surface area contributed by atoms with Gasteiger partial charge in [0.05, 0.1) is 12.8 Å². The number of hydrogen-bond acceptors (Lipinski definition) is 6. The molecule has 2 heterocycles. The zero-order valence-corrected chi connectivity index (χ0v) is 10.6. The molecule has 2 N–H and O–H groups in total. The average molecular weight is 271 g/mol. The van der Waals surface area contributed by atoms with E-state index in [4.69, 9.17) is 14.6 Å². The number of carboxylic acids is 1. The maximum absolute atomic E-state index is 11.0. The SMILES string of the molecule is COc1cc(C2OCCCS2)nc(C(=O)O)c1O. The molecule has 2 rings (SSSR count). The summed E-state index contributed by atoms with van der Waals surface area (Å²) < 4.78 is 10.5. The lowest BCUT2D eigenvalue weighted by molar-refractivity contribution is 0.0683. The lowest BCUT2D eigenvalue weighted by Crippen LogP contribution is -2.13. The Labute approximate surface area is 108 Å². The molecule has 1 fully saturated rings. The van der Waals surface area contributed by atoms with Gasteiger partial charge in [0.2, 0.25) is 0 Å². The van der Waals surface area contributed by atoms with Crippen LogP contribution in [0.4, 0.5) is 0 Å². The van der Waals surface area contributed by atoms with Crippen molar-refractivity contribution >= 4 is 17.7 Å². The van der Waals surface area contributed by atoms with Crippen LogP contribution < -0.4 is 4.74 Å². The number of aromatic carboxylic acids is 1. The van der Waals surface area contributed by atoms with Crippen LogP contribution in [-0.4, -0.2) is 40.6 Å². The highest BCUT2D eigenvalue weighted by Gasteiger charge is 2.24. The van der Waals surface area contributed by atoms with E-state index in [0.717, 1.165) is 12.2 Å². The molecule has 0 saturated carbocycles. The molecule has 6 nitrogen and oxygen atoms in total. The van der Waals surface area contributed by atoms with Gasteiger partial charge in [0.25, 0.3) is 0 Å². The predicted octanol–water partition coefficient (Wildman–Crippen LogP) is 1.65. The molecular formula is C11H13NO5S. The number of methoxy groups -OCH3 is 1. The number of rotatable bonds is 3. The number of nitrogens with zero attached hydrogens (tertiary/aromatic N) is 1. The van der Waals surface area contributed by atoms with Crippen molar-refractivity contribution in [3.05, 3.63) is 17.5 Å². The second kappa shape index (κ2) is 5.45. The minimum absolute atomic E-state index is 0.0900. The molecule has 1 saturated heterocycles. The van der Waals surface area contributed by atoms with E-state index in [1.807, 2.05) is 0 Å². The normalized spacial score (nSPS) is 19.5. The number of thioether (sulfide) groups is 1. The standard InChI is InChI=1S/C11H13NO5S/c1-16-7-5-6(11-17-3-2-4-18-11)12-8(9(7)13)10(14)15/h5,11,13H,2-4H2,1H3,(H,14,15). The van der Waals surface area contributed by atoms with Crippen molar-refractivity contribution < 1.29 is 24.5 Å². The third-order valence-corrected chi connectivity index (χ3v) is 3.67. The summed E-state index contributed by atoms with van der Waals surface area (Å²) in [5.41, 5.74) is -0.280. The molecule has 1 aliphatic heterocycles. The van der Waals surface area contributed by atoms with Crippen LogP contribution in [0.2, 0.25) is 0 Å². The van der Waals surface area contributed by atoms with Crippen LogP contribution in [0.3, 0.4) is 0 Å². The molecule has 1 aromatic heterocycles. The molecule has 98 valence electrons. The Balaban J connectivity index is 2.41. The average Bonchev–Trinajstić information content (AvgIpc) is 2.39. The Hall–Kier alpha value is -1.47. The highest BCUT2D eigenvalue weighted by Crippen LogP contribution is 2.38. The molecule has 0 radical (unpaired) electrons. The number of carbonyl (C=O) groups is 1. The van der Waals surface area contributed by atoms with Gasteiger partial charge in [0.15, 0.2) is 17.2 Å². The van der Waals surface area contributed by atoms with Gasteiger partial charge in [0.1, 0.15) is 5.44 Å². The Bertz CT molecular complexity index is 459. The smallest absolute Gasteiger partial charge is 0.358 e. The van der Waals surface area contributed by atoms with E-state index in [0.29, 0.717) is 12.3 Å². The fourth-order valence-electron chi connectivity index (χ4n) is 1.62. The number of ether oxygens (including phenoxy) is 2. The highest BCUT2D eigenvalue weighted by atomic mass is 32.2. The molecule has 1 atom stereocenters. The van der Waals surface area contributed by atoms with Crippen LogP contribution in [0, 0.1) is 0 Å². The van der Waals surface area contributed by atoms with E-state index in [1.54, 1.807) is 11.8 Å². The van der Waals surface area contributed by atoms with E-state index >= 15 is 0 Å². The van der Waals surface area contributed by atoms with Gasteiger partial charge in [-0.1, -0.05) is 0 Å². The number of aromatic hydroxyl groups is 1. The van der Waals surface area contributed by atoms with Crippen molar-refractivity contribution in [3.8, 4) is 11.5 Å². The first-order valence-corrected chi connectivity index (χ1v) is 6.42. The lowest BCUT2D eigenvalue weighted by atomic mass is 10.2. The van der Waals surface area contributed by atoms with Crippen LogP contribution in [0.25, 0.3) is 0 Å². The van der Waals surface area contributed by atoms with Gasteiger partial charge < -0.3 is 19.7 Å². The molecule has 7 heteroatoms. The summed E-state index contributed by atoms with van der Waals surface area (Å²) in [6.45, 7) is 0.616. The van der Waals surface area contributed by atoms with E-state index in [1.165, 1.54) is 13.2 Å². The Morgan fingerprint density at radius 2 is 2.44 bits per heavy atom. The van der Waals surface area contributed by atoms with Gasteiger partial charge >= 0.3 is 5.97 Å². The van der Waals surface area contributed by atoms with E-state index in [9.17, 15) is 9.90 Å². The third kappa shape index (κ3) is 2.51. The summed E-state index contributed by atoms with van der Waals surface area (Å²) in [6, 6.07) is 1.50. The minimum Gasteiger partial charge on any atom is -0.503 e.